The molecule has 2 aromatic rings. The summed E-state index contributed by atoms with van der Waals surface area (Å²) in [5, 5.41) is 13.6. The molecular formula is C23H30IN5O. The Morgan fingerprint density at radius 1 is 0.967 bits per heavy atom. The predicted octanol–water partition coefficient (Wildman–Crippen LogP) is 3.28. The number of hydrogen-bond donors (Lipinski definition) is 2. The number of rotatable bonds is 4. The van der Waals surface area contributed by atoms with Crippen molar-refractivity contribution in [2.75, 3.05) is 56.1 Å². The molecular weight excluding hydrogens is 489 g/mol. The Morgan fingerprint density at radius 3 is 2.40 bits per heavy atom. The number of nitrogens with one attached hydrogen (secondary N) is 1. The van der Waals surface area contributed by atoms with Crippen molar-refractivity contribution in [2.45, 2.75) is 6.54 Å². The van der Waals surface area contributed by atoms with Crippen LogP contribution in [-0.4, -0.2) is 62.3 Å². The maximum Gasteiger partial charge on any atom is 0.194 e. The largest absolute Gasteiger partial charge is 0.506 e. The van der Waals surface area contributed by atoms with Gasteiger partial charge in [0.2, 0.25) is 0 Å². The molecule has 4 rings (SSSR count). The quantitative estimate of drug-likeness (QED) is 0.281. The van der Waals surface area contributed by atoms with Gasteiger partial charge in [-0.2, -0.15) is 0 Å². The van der Waals surface area contributed by atoms with E-state index in [1.807, 2.05) is 25.2 Å². The fourth-order valence-corrected chi connectivity index (χ4v) is 3.96. The topological polar surface area (TPSA) is 54.3 Å². The van der Waals surface area contributed by atoms with Crippen molar-refractivity contribution >= 4 is 41.3 Å². The first-order chi connectivity index (χ1) is 14.2. The first-order valence-electron chi connectivity index (χ1n) is 10.2. The van der Waals surface area contributed by atoms with E-state index in [0.717, 1.165) is 57.5 Å². The van der Waals surface area contributed by atoms with Gasteiger partial charge in [0.1, 0.15) is 5.75 Å². The maximum atomic E-state index is 10.1. The van der Waals surface area contributed by atoms with Crippen LogP contribution >= 0.6 is 24.0 Å². The second-order valence-electron chi connectivity index (χ2n) is 7.41. The lowest BCUT2D eigenvalue weighted by atomic mass is 10.2. The maximum absolute atomic E-state index is 10.1. The normalized spacial score (nSPS) is 16.6. The molecule has 30 heavy (non-hydrogen) atoms. The standard InChI is InChI=1S/C23H29N5O.HI/c1-24-23(25-18-19-7-6-8-20(17-19)26-11-4-5-12-26)28-15-13-27(14-16-28)21-9-2-3-10-22(21)29;/h2-10,17,29H,11-16,18H2,1H3,(H,24,25);1H. The minimum atomic E-state index is 0. The number of anilines is 2. The Kier molecular flexibility index (Phi) is 7.84. The summed E-state index contributed by atoms with van der Waals surface area (Å²) in [6.07, 6.45) is 4.42. The van der Waals surface area contributed by atoms with Gasteiger partial charge in [0, 0.05) is 58.5 Å². The van der Waals surface area contributed by atoms with E-state index >= 15 is 0 Å². The smallest absolute Gasteiger partial charge is 0.194 e. The van der Waals surface area contributed by atoms with Gasteiger partial charge in [-0.25, -0.2) is 0 Å². The summed E-state index contributed by atoms with van der Waals surface area (Å²) in [6.45, 7) is 6.17. The Bertz CT molecular complexity index is 885. The molecule has 0 bridgehead atoms. The number of halogens is 1. The van der Waals surface area contributed by atoms with Crippen molar-refractivity contribution in [2.24, 2.45) is 4.99 Å². The molecule has 0 aromatic heterocycles. The van der Waals surface area contributed by atoms with Gasteiger partial charge in [0.15, 0.2) is 5.96 Å². The van der Waals surface area contributed by atoms with Crippen LogP contribution in [0.5, 0.6) is 5.75 Å². The van der Waals surface area contributed by atoms with E-state index in [1.165, 1.54) is 11.3 Å². The van der Waals surface area contributed by atoms with E-state index in [4.69, 9.17) is 0 Å². The van der Waals surface area contributed by atoms with Gasteiger partial charge in [0.25, 0.3) is 0 Å². The van der Waals surface area contributed by atoms with Gasteiger partial charge in [-0.15, -0.1) is 24.0 Å². The number of para-hydroxylation sites is 2. The number of phenols is 1. The molecule has 2 heterocycles. The lowest BCUT2D eigenvalue weighted by molar-refractivity contribution is 0.369. The predicted molar refractivity (Wildman–Crippen MR) is 135 cm³/mol. The number of aliphatic imine (C=N–C) groups is 1. The molecule has 2 aromatic carbocycles. The average molecular weight is 519 g/mol. The van der Waals surface area contributed by atoms with Crippen LogP contribution in [0.15, 0.2) is 65.7 Å². The third kappa shape index (κ3) is 5.19. The van der Waals surface area contributed by atoms with Gasteiger partial charge in [-0.05, 0) is 29.8 Å². The minimum absolute atomic E-state index is 0. The zero-order valence-electron chi connectivity index (χ0n) is 17.4. The summed E-state index contributed by atoms with van der Waals surface area (Å²) in [5.41, 5.74) is 3.42. The van der Waals surface area contributed by atoms with E-state index in [1.54, 1.807) is 6.07 Å². The first-order valence-corrected chi connectivity index (χ1v) is 10.2. The number of guanidine groups is 1. The van der Waals surface area contributed by atoms with Crippen LogP contribution in [-0.2, 0) is 6.54 Å². The molecule has 0 aliphatic carbocycles. The molecule has 0 spiro atoms. The fraction of sp³-hybridized carbons (Fsp3) is 0.348. The first kappa shape index (κ1) is 22.3. The Balaban J connectivity index is 0.00000256. The molecule has 2 aliphatic heterocycles. The Hall–Kier alpha value is -2.42. The van der Waals surface area contributed by atoms with Crippen LogP contribution < -0.4 is 15.1 Å². The van der Waals surface area contributed by atoms with E-state index in [2.05, 4.69) is 61.4 Å². The van der Waals surface area contributed by atoms with Crippen molar-refractivity contribution in [1.29, 1.82) is 0 Å². The number of benzene rings is 2. The van der Waals surface area contributed by atoms with E-state index in [9.17, 15) is 5.11 Å². The van der Waals surface area contributed by atoms with Crippen LogP contribution in [0.25, 0.3) is 0 Å². The minimum Gasteiger partial charge on any atom is -0.506 e. The molecule has 0 unspecified atom stereocenters. The number of hydrogen-bond acceptors (Lipinski definition) is 4. The number of aromatic hydroxyl groups is 1. The third-order valence-corrected chi connectivity index (χ3v) is 5.56. The molecule has 6 nitrogen and oxygen atoms in total. The summed E-state index contributed by atoms with van der Waals surface area (Å²) in [5.74, 6) is 1.27. The summed E-state index contributed by atoms with van der Waals surface area (Å²) in [6, 6.07) is 16.2. The van der Waals surface area contributed by atoms with Crippen LogP contribution in [0.2, 0.25) is 0 Å². The second kappa shape index (κ2) is 10.6. The summed E-state index contributed by atoms with van der Waals surface area (Å²) >= 11 is 0. The van der Waals surface area contributed by atoms with Crippen molar-refractivity contribution in [1.82, 2.24) is 10.2 Å². The van der Waals surface area contributed by atoms with Crippen LogP contribution in [0, 0.1) is 0 Å². The molecule has 0 saturated carbocycles. The third-order valence-electron chi connectivity index (χ3n) is 5.56. The van der Waals surface area contributed by atoms with Crippen molar-refractivity contribution in [3.05, 3.63) is 66.2 Å². The summed E-state index contributed by atoms with van der Waals surface area (Å²) in [7, 11) is 1.84. The Morgan fingerprint density at radius 2 is 1.70 bits per heavy atom. The molecule has 1 saturated heterocycles. The number of phenolic OH excluding ortho intramolecular Hbond substituents is 1. The monoisotopic (exact) mass is 519 g/mol. The van der Waals surface area contributed by atoms with Crippen LogP contribution in [0.3, 0.4) is 0 Å². The SMILES string of the molecule is CN=C(NCc1cccc(N2CC=CC2)c1)N1CCN(c2ccccc2O)CC1.I. The van der Waals surface area contributed by atoms with Crippen molar-refractivity contribution in [3.63, 3.8) is 0 Å². The highest BCUT2D eigenvalue weighted by Gasteiger charge is 2.21. The second-order valence-corrected chi connectivity index (χ2v) is 7.41. The molecule has 1 fully saturated rings. The van der Waals surface area contributed by atoms with Crippen LogP contribution in [0.1, 0.15) is 5.56 Å². The number of nitrogens with zero attached hydrogens (tertiary/aromatic N) is 4. The van der Waals surface area contributed by atoms with Gasteiger partial charge < -0.3 is 25.1 Å². The van der Waals surface area contributed by atoms with Crippen molar-refractivity contribution in [3.8, 4) is 5.75 Å². The van der Waals surface area contributed by atoms with Crippen LogP contribution in [0.4, 0.5) is 11.4 Å². The molecule has 160 valence electrons. The molecule has 0 atom stereocenters. The summed E-state index contributed by atoms with van der Waals surface area (Å²) in [4.78, 5) is 11.4. The average Bonchev–Trinajstić information content (AvgIpc) is 3.30. The van der Waals surface area contributed by atoms with E-state index < -0.39 is 0 Å². The highest BCUT2D eigenvalue weighted by molar-refractivity contribution is 14.0. The van der Waals surface area contributed by atoms with Crippen molar-refractivity contribution < 1.29 is 5.11 Å². The Labute approximate surface area is 195 Å². The zero-order valence-corrected chi connectivity index (χ0v) is 19.7. The number of piperazine rings is 1. The van der Waals surface area contributed by atoms with Gasteiger partial charge >= 0.3 is 0 Å². The molecule has 0 radical (unpaired) electrons. The van der Waals surface area contributed by atoms with E-state index in [0.29, 0.717) is 5.75 Å². The molecule has 7 heteroatoms. The fourth-order valence-electron chi connectivity index (χ4n) is 3.96. The zero-order chi connectivity index (χ0) is 20.1. The highest BCUT2D eigenvalue weighted by Crippen LogP contribution is 2.27. The molecule has 2 aliphatic rings. The summed E-state index contributed by atoms with van der Waals surface area (Å²) < 4.78 is 0. The van der Waals surface area contributed by atoms with Gasteiger partial charge in [-0.3, -0.25) is 4.99 Å². The lowest BCUT2D eigenvalue weighted by Gasteiger charge is -2.37. The van der Waals surface area contributed by atoms with Gasteiger partial charge in [-0.1, -0.05) is 36.4 Å². The molecule has 2 N–H and O–H groups in total. The lowest BCUT2D eigenvalue weighted by Crippen LogP contribution is -2.52. The van der Waals surface area contributed by atoms with E-state index in [-0.39, 0.29) is 24.0 Å². The molecule has 0 amide bonds. The highest BCUT2D eigenvalue weighted by atomic mass is 127. The van der Waals surface area contributed by atoms with Gasteiger partial charge in [0.05, 0.1) is 5.69 Å².